The predicted octanol–water partition coefficient (Wildman–Crippen LogP) is 4.45. The van der Waals surface area contributed by atoms with Crippen LogP contribution >= 0.6 is 15.9 Å². The first-order valence-corrected chi connectivity index (χ1v) is 7.20. The van der Waals surface area contributed by atoms with Crippen LogP contribution in [-0.4, -0.2) is 7.11 Å². The Morgan fingerprint density at radius 1 is 1.25 bits per heavy atom. The molecule has 0 aromatic heterocycles. The Labute approximate surface area is 127 Å². The molecule has 20 heavy (non-hydrogen) atoms. The molecule has 2 aromatic carbocycles. The molecule has 2 rings (SSSR count). The summed E-state index contributed by atoms with van der Waals surface area (Å²) < 4.78 is 19.8. The van der Waals surface area contributed by atoms with Gasteiger partial charge in [0.25, 0.3) is 0 Å². The molecule has 0 aliphatic heterocycles. The zero-order valence-electron chi connectivity index (χ0n) is 11.5. The van der Waals surface area contributed by atoms with Crippen molar-refractivity contribution in [1.29, 1.82) is 0 Å². The average molecular weight is 338 g/mol. The molecule has 0 bridgehead atoms. The topological polar surface area (TPSA) is 21.3 Å². The molecule has 0 radical (unpaired) electrons. The number of ether oxygens (including phenoxy) is 1. The number of hydrogen-bond donors (Lipinski definition) is 1. The normalized spacial score (nSPS) is 12.2. The summed E-state index contributed by atoms with van der Waals surface area (Å²) in [5.74, 6) is 0.622. The van der Waals surface area contributed by atoms with E-state index in [2.05, 4.69) is 21.2 Å². The Bertz CT molecular complexity index is 588. The largest absolute Gasteiger partial charge is 0.497 e. The lowest BCUT2D eigenvalue weighted by atomic mass is 10.1. The zero-order valence-corrected chi connectivity index (χ0v) is 13.1. The van der Waals surface area contributed by atoms with Crippen molar-refractivity contribution in [2.24, 2.45) is 0 Å². The minimum atomic E-state index is -0.204. The van der Waals surface area contributed by atoms with E-state index >= 15 is 0 Å². The molecule has 1 atom stereocenters. The van der Waals surface area contributed by atoms with Crippen molar-refractivity contribution < 1.29 is 9.13 Å². The van der Waals surface area contributed by atoms with E-state index in [1.54, 1.807) is 13.2 Å². The molecule has 2 nitrogen and oxygen atoms in total. The maximum Gasteiger partial charge on any atom is 0.129 e. The van der Waals surface area contributed by atoms with Gasteiger partial charge in [0.15, 0.2) is 0 Å². The van der Waals surface area contributed by atoms with Crippen LogP contribution in [0.5, 0.6) is 5.75 Å². The van der Waals surface area contributed by atoms with Gasteiger partial charge in [-0.2, -0.15) is 0 Å². The van der Waals surface area contributed by atoms with E-state index < -0.39 is 0 Å². The van der Waals surface area contributed by atoms with Crippen LogP contribution in [0.15, 0.2) is 46.9 Å². The van der Waals surface area contributed by atoms with E-state index in [1.807, 2.05) is 37.3 Å². The highest BCUT2D eigenvalue weighted by Crippen LogP contribution is 2.21. The molecule has 0 fully saturated rings. The van der Waals surface area contributed by atoms with Gasteiger partial charge in [-0.15, -0.1) is 0 Å². The fourth-order valence-corrected chi connectivity index (χ4v) is 2.35. The van der Waals surface area contributed by atoms with Crippen LogP contribution in [0.3, 0.4) is 0 Å². The summed E-state index contributed by atoms with van der Waals surface area (Å²) in [6.45, 7) is 2.61. The summed E-state index contributed by atoms with van der Waals surface area (Å²) in [5.41, 5.74) is 1.77. The number of nitrogens with one attached hydrogen (secondary N) is 1. The molecule has 0 saturated carbocycles. The van der Waals surface area contributed by atoms with Gasteiger partial charge >= 0.3 is 0 Å². The van der Waals surface area contributed by atoms with Crippen molar-refractivity contribution in [2.45, 2.75) is 19.5 Å². The summed E-state index contributed by atoms with van der Waals surface area (Å²) >= 11 is 3.26. The smallest absolute Gasteiger partial charge is 0.129 e. The maximum absolute atomic E-state index is 13.9. The summed E-state index contributed by atoms with van der Waals surface area (Å²) in [6, 6.07) is 12.9. The van der Waals surface area contributed by atoms with E-state index in [4.69, 9.17) is 4.74 Å². The molecule has 1 unspecified atom stereocenters. The van der Waals surface area contributed by atoms with Crippen molar-refractivity contribution in [3.63, 3.8) is 0 Å². The van der Waals surface area contributed by atoms with Gasteiger partial charge in [-0.3, -0.25) is 0 Å². The highest BCUT2D eigenvalue weighted by Gasteiger charge is 2.10. The summed E-state index contributed by atoms with van der Waals surface area (Å²) in [7, 11) is 1.65. The Morgan fingerprint density at radius 3 is 2.75 bits per heavy atom. The molecular weight excluding hydrogens is 321 g/mol. The fourth-order valence-electron chi connectivity index (χ4n) is 2.02. The third-order valence-corrected chi connectivity index (χ3v) is 3.67. The Morgan fingerprint density at radius 2 is 2.05 bits per heavy atom. The number of halogens is 2. The van der Waals surface area contributed by atoms with Crippen LogP contribution in [-0.2, 0) is 6.54 Å². The molecule has 0 aliphatic carbocycles. The molecule has 2 aromatic rings. The van der Waals surface area contributed by atoms with Gasteiger partial charge in [0.1, 0.15) is 11.6 Å². The number of hydrogen-bond acceptors (Lipinski definition) is 2. The van der Waals surface area contributed by atoms with Gasteiger partial charge in [-0.25, -0.2) is 4.39 Å². The lowest BCUT2D eigenvalue weighted by molar-refractivity contribution is 0.414. The molecule has 0 heterocycles. The molecular formula is C16H17BrFNO. The Balaban J connectivity index is 2.02. The van der Waals surface area contributed by atoms with Crippen LogP contribution in [0.2, 0.25) is 0 Å². The van der Waals surface area contributed by atoms with E-state index in [0.29, 0.717) is 12.1 Å². The van der Waals surface area contributed by atoms with Crippen molar-refractivity contribution >= 4 is 15.9 Å². The Hall–Kier alpha value is -1.39. The van der Waals surface area contributed by atoms with E-state index in [0.717, 1.165) is 15.8 Å². The van der Waals surface area contributed by atoms with Crippen molar-refractivity contribution in [3.05, 3.63) is 63.9 Å². The van der Waals surface area contributed by atoms with Crippen molar-refractivity contribution in [1.82, 2.24) is 5.32 Å². The summed E-state index contributed by atoms with van der Waals surface area (Å²) in [4.78, 5) is 0. The third-order valence-electron chi connectivity index (χ3n) is 3.18. The molecule has 0 aliphatic rings. The van der Waals surface area contributed by atoms with Gasteiger partial charge < -0.3 is 10.1 Å². The van der Waals surface area contributed by atoms with Crippen LogP contribution in [0.25, 0.3) is 0 Å². The Kier molecular flexibility index (Phi) is 5.15. The molecule has 0 amide bonds. The quantitative estimate of drug-likeness (QED) is 0.870. The molecule has 1 N–H and O–H groups in total. The lowest BCUT2D eigenvalue weighted by Gasteiger charge is -2.15. The van der Waals surface area contributed by atoms with E-state index in [1.165, 1.54) is 6.07 Å². The number of methoxy groups -OCH3 is 1. The second kappa shape index (κ2) is 6.86. The fraction of sp³-hybridized carbons (Fsp3) is 0.250. The molecule has 0 spiro atoms. The van der Waals surface area contributed by atoms with Crippen LogP contribution in [0.1, 0.15) is 24.1 Å². The van der Waals surface area contributed by atoms with E-state index in [-0.39, 0.29) is 11.9 Å². The number of rotatable bonds is 5. The predicted molar refractivity (Wildman–Crippen MR) is 82.3 cm³/mol. The minimum Gasteiger partial charge on any atom is -0.497 e. The minimum absolute atomic E-state index is 0.0608. The summed E-state index contributed by atoms with van der Waals surface area (Å²) in [6.07, 6.45) is 0. The SMILES string of the molecule is COc1cccc(CNC(C)c2ccc(Br)cc2F)c1. The van der Waals surface area contributed by atoms with Crippen LogP contribution < -0.4 is 10.1 Å². The second-order valence-electron chi connectivity index (χ2n) is 4.62. The molecule has 0 saturated heterocycles. The van der Waals surface area contributed by atoms with Crippen LogP contribution in [0, 0.1) is 5.82 Å². The van der Waals surface area contributed by atoms with E-state index in [9.17, 15) is 4.39 Å². The van der Waals surface area contributed by atoms with Gasteiger partial charge in [0.2, 0.25) is 0 Å². The second-order valence-corrected chi connectivity index (χ2v) is 5.54. The van der Waals surface area contributed by atoms with Gasteiger partial charge in [-0.05, 0) is 36.8 Å². The third kappa shape index (κ3) is 3.81. The molecule has 106 valence electrons. The van der Waals surface area contributed by atoms with Gasteiger partial charge in [-0.1, -0.05) is 34.1 Å². The van der Waals surface area contributed by atoms with Gasteiger partial charge in [0.05, 0.1) is 7.11 Å². The van der Waals surface area contributed by atoms with Crippen LogP contribution in [0.4, 0.5) is 4.39 Å². The average Bonchev–Trinajstić information content (AvgIpc) is 2.45. The van der Waals surface area contributed by atoms with Crippen molar-refractivity contribution in [2.75, 3.05) is 7.11 Å². The maximum atomic E-state index is 13.9. The highest BCUT2D eigenvalue weighted by atomic mass is 79.9. The van der Waals surface area contributed by atoms with Crippen molar-refractivity contribution in [3.8, 4) is 5.75 Å². The highest BCUT2D eigenvalue weighted by molar-refractivity contribution is 9.10. The lowest BCUT2D eigenvalue weighted by Crippen LogP contribution is -2.19. The summed E-state index contributed by atoms with van der Waals surface area (Å²) in [5, 5.41) is 3.32. The monoisotopic (exact) mass is 337 g/mol. The first kappa shape index (κ1) is 15.0. The number of benzene rings is 2. The van der Waals surface area contributed by atoms with Gasteiger partial charge in [0, 0.05) is 22.6 Å². The first-order valence-electron chi connectivity index (χ1n) is 6.41. The standard InChI is InChI=1S/C16H17BrFNO/c1-11(15-7-6-13(17)9-16(15)18)19-10-12-4-3-5-14(8-12)20-2/h3-9,11,19H,10H2,1-2H3. The molecule has 4 heteroatoms. The first-order chi connectivity index (χ1) is 9.60. The zero-order chi connectivity index (χ0) is 14.5.